The van der Waals surface area contributed by atoms with Crippen molar-refractivity contribution in [2.75, 3.05) is 0 Å². The van der Waals surface area contributed by atoms with E-state index in [9.17, 15) is 4.79 Å². The molecule has 2 aliphatic rings. The van der Waals surface area contributed by atoms with Crippen LogP contribution in [0.5, 0.6) is 0 Å². The average Bonchev–Trinajstić information content (AvgIpc) is 3.48. The predicted molar refractivity (Wildman–Crippen MR) is 128 cm³/mol. The fourth-order valence-corrected chi connectivity index (χ4v) is 4.86. The van der Waals surface area contributed by atoms with Gasteiger partial charge in [0.2, 0.25) is 5.17 Å². The number of thioether (sulfide) groups is 1. The molecule has 0 radical (unpaired) electrons. The van der Waals surface area contributed by atoms with Gasteiger partial charge in [0.25, 0.3) is 5.91 Å². The second kappa shape index (κ2) is 7.81. The Kier molecular flexibility index (Phi) is 5.08. The minimum atomic E-state index is -0.491. The molecule has 5 rings (SSSR count). The number of benzene rings is 1. The molecule has 0 saturated heterocycles. The fourth-order valence-electron chi connectivity index (χ4n) is 3.62. The zero-order valence-electron chi connectivity index (χ0n) is 16.9. The Hall–Kier alpha value is -3.07. The Balaban J connectivity index is 1.55. The van der Waals surface area contributed by atoms with Crippen molar-refractivity contribution in [3.05, 3.63) is 81.0 Å². The van der Waals surface area contributed by atoms with E-state index in [-0.39, 0.29) is 11.4 Å². The summed E-state index contributed by atoms with van der Waals surface area (Å²) in [7, 11) is 0. The predicted octanol–water partition coefficient (Wildman–Crippen LogP) is 5.66. The highest BCUT2D eigenvalue weighted by Crippen LogP contribution is 2.34. The molecule has 1 N–H and O–H groups in total. The third-order valence-electron chi connectivity index (χ3n) is 5.13. The second-order valence-corrected chi connectivity index (χ2v) is 8.88. The van der Waals surface area contributed by atoms with E-state index in [1.54, 1.807) is 30.5 Å². The number of aryl methyl sites for hydroxylation is 1. The van der Waals surface area contributed by atoms with Crippen LogP contribution >= 0.6 is 35.0 Å². The maximum atomic E-state index is 12.8. The second-order valence-electron chi connectivity index (χ2n) is 7.14. The number of halogens is 2. The molecule has 4 heterocycles. The van der Waals surface area contributed by atoms with Crippen molar-refractivity contribution < 1.29 is 9.21 Å². The molecule has 0 bridgehead atoms. The summed E-state index contributed by atoms with van der Waals surface area (Å²) in [6.07, 6.45) is 3.20. The van der Waals surface area contributed by atoms with E-state index in [1.165, 1.54) is 16.8 Å². The van der Waals surface area contributed by atoms with Gasteiger partial charge in [-0.25, -0.2) is 0 Å². The summed E-state index contributed by atoms with van der Waals surface area (Å²) >= 11 is 13.8. The van der Waals surface area contributed by atoms with Crippen LogP contribution in [0.2, 0.25) is 10.0 Å². The van der Waals surface area contributed by atoms with E-state index < -0.39 is 5.91 Å². The summed E-state index contributed by atoms with van der Waals surface area (Å²) in [6, 6.07) is 10.9. The van der Waals surface area contributed by atoms with Gasteiger partial charge in [-0.05, 0) is 67.6 Å². The molecule has 160 valence electrons. The maximum Gasteiger partial charge on any atom is 0.283 e. The van der Waals surface area contributed by atoms with Gasteiger partial charge in [0.15, 0.2) is 16.6 Å². The number of fused-ring (bicyclic) bond motifs is 1. The summed E-state index contributed by atoms with van der Waals surface area (Å²) in [5.41, 5.74) is 3.42. The lowest BCUT2D eigenvalue weighted by molar-refractivity contribution is -0.114. The molecule has 0 saturated carbocycles. The molecule has 10 heteroatoms. The number of carbonyl (C=O) groups is 1. The average molecular weight is 484 g/mol. The van der Waals surface area contributed by atoms with Crippen molar-refractivity contribution in [2.45, 2.75) is 13.8 Å². The number of amidine groups is 2. The largest absolute Gasteiger partial charge is 0.462 e. The minimum Gasteiger partial charge on any atom is -0.462 e. The van der Waals surface area contributed by atoms with Crippen molar-refractivity contribution in [1.82, 2.24) is 9.58 Å². The first-order valence-corrected chi connectivity index (χ1v) is 11.1. The Labute approximate surface area is 197 Å². The van der Waals surface area contributed by atoms with Crippen LogP contribution in [-0.4, -0.2) is 31.5 Å². The molecule has 32 heavy (non-hydrogen) atoms. The van der Waals surface area contributed by atoms with Crippen molar-refractivity contribution in [3.63, 3.8) is 0 Å². The van der Waals surface area contributed by atoms with Crippen LogP contribution in [0.15, 0.2) is 62.7 Å². The summed E-state index contributed by atoms with van der Waals surface area (Å²) in [4.78, 5) is 16.9. The Bertz CT molecular complexity index is 1390. The van der Waals surface area contributed by atoms with Crippen LogP contribution in [0.4, 0.5) is 0 Å². The fraction of sp³-hybridized carbons (Fsp3) is 0.0909. The normalized spacial score (nSPS) is 17.1. The van der Waals surface area contributed by atoms with Crippen molar-refractivity contribution in [3.8, 4) is 5.69 Å². The highest BCUT2D eigenvalue weighted by molar-refractivity contribution is 8.27. The van der Waals surface area contributed by atoms with Gasteiger partial charge in [0.05, 0.1) is 27.6 Å². The minimum absolute atomic E-state index is 0.0420. The van der Waals surface area contributed by atoms with E-state index >= 15 is 0 Å². The first-order valence-electron chi connectivity index (χ1n) is 9.52. The number of rotatable bonds is 3. The summed E-state index contributed by atoms with van der Waals surface area (Å²) in [5, 5.41) is 16.1. The number of hydrazone groups is 1. The molecule has 1 aromatic carbocycles. The lowest BCUT2D eigenvalue weighted by atomic mass is 10.1. The van der Waals surface area contributed by atoms with E-state index in [2.05, 4.69) is 10.1 Å². The van der Waals surface area contributed by atoms with Crippen LogP contribution in [-0.2, 0) is 4.79 Å². The van der Waals surface area contributed by atoms with Crippen molar-refractivity contribution in [1.29, 1.82) is 5.41 Å². The third kappa shape index (κ3) is 3.31. The number of amides is 1. The van der Waals surface area contributed by atoms with Crippen molar-refractivity contribution in [2.24, 2.45) is 10.1 Å². The Morgan fingerprint density at radius 1 is 1.19 bits per heavy atom. The zero-order chi connectivity index (χ0) is 22.6. The van der Waals surface area contributed by atoms with Crippen LogP contribution in [0.3, 0.4) is 0 Å². The number of aliphatic imine (C=N–C) groups is 1. The lowest BCUT2D eigenvalue weighted by Crippen LogP contribution is -2.35. The van der Waals surface area contributed by atoms with Gasteiger partial charge in [0.1, 0.15) is 0 Å². The van der Waals surface area contributed by atoms with Crippen LogP contribution < -0.4 is 0 Å². The number of aromatic nitrogens is 1. The molecule has 0 unspecified atom stereocenters. The quantitative estimate of drug-likeness (QED) is 0.486. The Morgan fingerprint density at radius 2 is 2.00 bits per heavy atom. The van der Waals surface area contributed by atoms with E-state index in [4.69, 9.17) is 33.0 Å². The molecule has 0 aliphatic carbocycles. The molecular weight excluding hydrogens is 469 g/mol. The molecule has 7 nitrogen and oxygen atoms in total. The molecule has 3 aromatic rings. The number of hydrogen-bond donors (Lipinski definition) is 1. The van der Waals surface area contributed by atoms with Crippen molar-refractivity contribution >= 4 is 63.0 Å². The summed E-state index contributed by atoms with van der Waals surface area (Å²) in [6.45, 7) is 3.86. The summed E-state index contributed by atoms with van der Waals surface area (Å²) < 4.78 is 7.34. The van der Waals surface area contributed by atoms with Gasteiger partial charge in [0, 0.05) is 11.4 Å². The number of hydrogen-bond acceptors (Lipinski definition) is 5. The highest BCUT2D eigenvalue weighted by Gasteiger charge is 2.37. The van der Waals surface area contributed by atoms with Crippen LogP contribution in [0, 0.1) is 19.3 Å². The molecule has 0 spiro atoms. The van der Waals surface area contributed by atoms with Gasteiger partial charge < -0.3 is 8.98 Å². The standard InChI is InChI=1S/C22H15Cl2N5O2S/c1-11-9-13(12(2)28(11)16-6-3-5-15(23)18(16)24)10-14-19(25)29-22(26-20(14)30)32-21(27-29)17-7-4-8-31-17/h3-10,25H,1-2H3/b14-10-,25-19?. The van der Waals surface area contributed by atoms with Gasteiger partial charge in [-0.3, -0.25) is 10.2 Å². The number of carbonyl (C=O) groups excluding carboxylic acids is 1. The third-order valence-corrected chi connectivity index (χ3v) is 6.86. The smallest absolute Gasteiger partial charge is 0.283 e. The van der Waals surface area contributed by atoms with E-state index in [0.29, 0.717) is 26.0 Å². The molecule has 1 amide bonds. The van der Waals surface area contributed by atoms with Gasteiger partial charge >= 0.3 is 0 Å². The topological polar surface area (TPSA) is 87.0 Å². The number of nitrogens with zero attached hydrogens (tertiary/aromatic N) is 4. The molecule has 2 aliphatic heterocycles. The zero-order valence-corrected chi connectivity index (χ0v) is 19.2. The monoisotopic (exact) mass is 483 g/mol. The first-order chi connectivity index (χ1) is 15.3. The van der Waals surface area contributed by atoms with Gasteiger partial charge in [-0.1, -0.05) is 29.3 Å². The number of furan rings is 1. The summed E-state index contributed by atoms with van der Waals surface area (Å²) in [5.74, 6) is 0.0229. The lowest BCUT2D eigenvalue weighted by Gasteiger charge is -2.20. The molecule has 0 fully saturated rings. The highest BCUT2D eigenvalue weighted by atomic mass is 35.5. The molecular formula is C22H15Cl2N5O2S. The SMILES string of the molecule is Cc1cc(/C=C2/C(=N)N3N=C(c4ccco4)SC3=NC2=O)c(C)n1-c1cccc(Cl)c1Cl. The molecule has 0 atom stereocenters. The van der Waals surface area contributed by atoms with E-state index in [1.807, 2.05) is 36.6 Å². The van der Waals surface area contributed by atoms with E-state index in [0.717, 1.165) is 22.6 Å². The van der Waals surface area contributed by atoms with Gasteiger partial charge in [-0.15, -0.1) is 0 Å². The maximum absolute atomic E-state index is 12.8. The van der Waals surface area contributed by atoms with Crippen LogP contribution in [0.25, 0.3) is 11.8 Å². The first kappa shape index (κ1) is 20.8. The Morgan fingerprint density at radius 3 is 2.75 bits per heavy atom. The molecule has 2 aromatic heterocycles. The number of nitrogens with one attached hydrogen (secondary N) is 1. The van der Waals surface area contributed by atoms with Crippen LogP contribution in [0.1, 0.15) is 22.7 Å². The van der Waals surface area contributed by atoms with Gasteiger partial charge in [-0.2, -0.15) is 15.1 Å².